The summed E-state index contributed by atoms with van der Waals surface area (Å²) in [7, 11) is 0. The Bertz CT molecular complexity index is 1240. The zero-order valence-corrected chi connectivity index (χ0v) is 19.7. The minimum absolute atomic E-state index is 0.0740. The van der Waals surface area contributed by atoms with Gasteiger partial charge in [-0.3, -0.25) is 9.48 Å². The molecule has 8 heteroatoms. The lowest BCUT2D eigenvalue weighted by Crippen LogP contribution is -2.27. The van der Waals surface area contributed by atoms with Crippen LogP contribution in [0.3, 0.4) is 0 Å². The van der Waals surface area contributed by atoms with Crippen molar-refractivity contribution in [3.63, 3.8) is 0 Å². The number of carbonyl (C=O) groups excluding carboxylic acids is 1. The number of benzene rings is 1. The Labute approximate surface area is 198 Å². The molecule has 1 amide bonds. The van der Waals surface area contributed by atoms with Crippen LogP contribution in [-0.2, 0) is 6.42 Å². The number of nitrogens with zero attached hydrogens (tertiary/aromatic N) is 4. The summed E-state index contributed by atoms with van der Waals surface area (Å²) in [5.74, 6) is -2.62. The molecule has 0 radical (unpaired) electrons. The fraction of sp³-hybridized carbons (Fsp3) is 0.423. The van der Waals surface area contributed by atoms with Crippen molar-refractivity contribution in [2.24, 2.45) is 0 Å². The summed E-state index contributed by atoms with van der Waals surface area (Å²) in [5.41, 5.74) is 4.64. The number of anilines is 2. The summed E-state index contributed by atoms with van der Waals surface area (Å²) in [4.78, 5) is 19.7. The second-order valence-corrected chi connectivity index (χ2v) is 9.64. The van der Waals surface area contributed by atoms with Crippen LogP contribution in [0.4, 0.5) is 20.3 Å². The van der Waals surface area contributed by atoms with Gasteiger partial charge in [0.05, 0.1) is 23.5 Å². The molecule has 0 saturated carbocycles. The molecule has 178 valence electrons. The molecule has 1 saturated heterocycles. The summed E-state index contributed by atoms with van der Waals surface area (Å²) >= 11 is 0. The molecule has 34 heavy (non-hydrogen) atoms. The van der Waals surface area contributed by atoms with Crippen molar-refractivity contribution < 1.29 is 13.6 Å². The second-order valence-electron chi connectivity index (χ2n) is 9.64. The van der Waals surface area contributed by atoms with Crippen LogP contribution in [0.1, 0.15) is 67.2 Å². The molecular formula is C26H29F2N5O. The summed E-state index contributed by atoms with van der Waals surface area (Å²) in [6.45, 7) is 5.90. The number of nitrogens with one attached hydrogen (secondary N) is 1. The van der Waals surface area contributed by atoms with E-state index in [1.165, 1.54) is 0 Å². The van der Waals surface area contributed by atoms with Crippen molar-refractivity contribution in [1.82, 2.24) is 14.8 Å². The van der Waals surface area contributed by atoms with E-state index in [1.54, 1.807) is 17.3 Å². The molecule has 3 aromatic rings. The molecule has 1 fully saturated rings. The molecule has 1 N–H and O–H groups in total. The largest absolute Gasteiger partial charge is 0.349 e. The Kier molecular flexibility index (Phi) is 5.62. The van der Waals surface area contributed by atoms with Gasteiger partial charge in [-0.2, -0.15) is 5.10 Å². The smallest absolute Gasteiger partial charge is 0.266 e. The van der Waals surface area contributed by atoms with E-state index in [9.17, 15) is 13.6 Å². The number of fused-ring (bicyclic) bond motifs is 4. The highest BCUT2D eigenvalue weighted by Gasteiger charge is 2.40. The van der Waals surface area contributed by atoms with Crippen molar-refractivity contribution in [2.75, 3.05) is 23.3 Å². The number of carbonyl (C=O) groups is 1. The van der Waals surface area contributed by atoms with Gasteiger partial charge in [0, 0.05) is 42.9 Å². The number of halogens is 2. The van der Waals surface area contributed by atoms with Gasteiger partial charge in [-0.15, -0.1) is 0 Å². The molecule has 1 atom stereocenters. The Morgan fingerprint density at radius 3 is 2.68 bits per heavy atom. The van der Waals surface area contributed by atoms with E-state index in [1.807, 2.05) is 42.8 Å². The molecular weight excluding hydrogens is 436 g/mol. The van der Waals surface area contributed by atoms with Gasteiger partial charge in [-0.25, -0.2) is 13.8 Å². The minimum atomic E-state index is -2.78. The summed E-state index contributed by atoms with van der Waals surface area (Å²) in [6.07, 6.45) is 4.83. The maximum Gasteiger partial charge on any atom is 0.266 e. The number of rotatable bonds is 2. The van der Waals surface area contributed by atoms with Gasteiger partial charge in [0.2, 0.25) is 0 Å². The van der Waals surface area contributed by atoms with Crippen LogP contribution < -0.4 is 10.2 Å². The van der Waals surface area contributed by atoms with E-state index in [4.69, 9.17) is 5.10 Å². The highest BCUT2D eigenvalue weighted by Crippen LogP contribution is 2.41. The number of hydrogen-bond acceptors (Lipinski definition) is 4. The Morgan fingerprint density at radius 2 is 1.94 bits per heavy atom. The van der Waals surface area contributed by atoms with Crippen LogP contribution in [0.15, 0.2) is 42.7 Å². The van der Waals surface area contributed by atoms with E-state index in [2.05, 4.69) is 23.3 Å². The summed E-state index contributed by atoms with van der Waals surface area (Å²) in [5, 5.41) is 7.81. The SMILES string of the molecule is CC(C)n1cc2c(n1)[C@@H](C)CCc1ccccc1-c1ccnc(N3CCC(F)(F)C3)c1NC2=O. The molecule has 5 rings (SSSR count). The number of amides is 1. The molecule has 0 unspecified atom stereocenters. The van der Waals surface area contributed by atoms with Crippen molar-refractivity contribution in [3.8, 4) is 11.1 Å². The maximum atomic E-state index is 14.1. The first kappa shape index (κ1) is 22.5. The first-order valence-corrected chi connectivity index (χ1v) is 11.8. The highest BCUT2D eigenvalue weighted by atomic mass is 19.3. The van der Waals surface area contributed by atoms with Crippen molar-refractivity contribution in [1.29, 1.82) is 0 Å². The third-order valence-electron chi connectivity index (χ3n) is 6.79. The normalized spacial score (nSPS) is 19.8. The third kappa shape index (κ3) is 4.06. The predicted molar refractivity (Wildman–Crippen MR) is 129 cm³/mol. The Morgan fingerprint density at radius 1 is 1.15 bits per heavy atom. The number of aryl methyl sites for hydroxylation is 1. The van der Waals surface area contributed by atoms with Gasteiger partial charge in [-0.05, 0) is 43.9 Å². The zero-order valence-electron chi connectivity index (χ0n) is 19.7. The number of alkyl halides is 2. The van der Waals surface area contributed by atoms with E-state index in [0.29, 0.717) is 17.1 Å². The average molecular weight is 466 g/mol. The molecule has 2 aromatic heterocycles. The first-order valence-electron chi connectivity index (χ1n) is 11.8. The van der Waals surface area contributed by atoms with Crippen LogP contribution in [0.5, 0.6) is 0 Å². The van der Waals surface area contributed by atoms with Crippen LogP contribution in [0.2, 0.25) is 0 Å². The lowest BCUT2D eigenvalue weighted by molar-refractivity contribution is 0.0257. The molecule has 0 aliphatic carbocycles. The standard InChI is InChI=1S/C26H29F2N5O/c1-16(2)33-14-21-22(31-33)17(3)8-9-18-6-4-5-7-19(18)20-10-12-29-24(23(20)30-25(21)34)32-13-11-26(27,28)15-32/h4-7,10,12,14,16-17H,8-9,11,13,15H2,1-3H3,(H,30,34)/t17-/m0/s1. The number of pyridine rings is 1. The highest BCUT2D eigenvalue weighted by molar-refractivity contribution is 6.09. The summed E-state index contributed by atoms with van der Waals surface area (Å²) in [6, 6.07) is 10.0. The van der Waals surface area contributed by atoms with E-state index in [0.717, 1.165) is 35.2 Å². The first-order chi connectivity index (χ1) is 16.2. The lowest BCUT2D eigenvalue weighted by Gasteiger charge is -2.23. The van der Waals surface area contributed by atoms with Gasteiger partial charge in [-0.1, -0.05) is 31.2 Å². The second kappa shape index (κ2) is 8.49. The molecule has 2 aliphatic heterocycles. The van der Waals surface area contributed by atoms with Crippen LogP contribution in [0.25, 0.3) is 11.1 Å². The quantitative estimate of drug-likeness (QED) is 0.529. The van der Waals surface area contributed by atoms with Gasteiger partial charge < -0.3 is 10.2 Å². The fourth-order valence-corrected chi connectivity index (χ4v) is 4.85. The monoisotopic (exact) mass is 465 g/mol. The predicted octanol–water partition coefficient (Wildman–Crippen LogP) is 5.67. The summed E-state index contributed by atoms with van der Waals surface area (Å²) < 4.78 is 30.0. The zero-order chi connectivity index (χ0) is 24.0. The van der Waals surface area contributed by atoms with E-state index in [-0.39, 0.29) is 30.8 Å². The maximum absolute atomic E-state index is 14.1. The molecule has 0 spiro atoms. The van der Waals surface area contributed by atoms with Gasteiger partial charge in [0.25, 0.3) is 11.8 Å². The van der Waals surface area contributed by atoms with Crippen LogP contribution in [0, 0.1) is 0 Å². The van der Waals surface area contributed by atoms with E-state index >= 15 is 0 Å². The fourth-order valence-electron chi connectivity index (χ4n) is 4.85. The third-order valence-corrected chi connectivity index (χ3v) is 6.79. The minimum Gasteiger partial charge on any atom is -0.349 e. The van der Waals surface area contributed by atoms with Gasteiger partial charge in [0.1, 0.15) is 0 Å². The van der Waals surface area contributed by atoms with Crippen molar-refractivity contribution in [3.05, 3.63) is 59.5 Å². The van der Waals surface area contributed by atoms with Crippen LogP contribution >= 0.6 is 0 Å². The Balaban J connectivity index is 1.69. The van der Waals surface area contributed by atoms with Gasteiger partial charge in [0.15, 0.2) is 5.82 Å². The molecule has 1 aromatic carbocycles. The van der Waals surface area contributed by atoms with Crippen molar-refractivity contribution >= 4 is 17.4 Å². The van der Waals surface area contributed by atoms with Gasteiger partial charge >= 0.3 is 0 Å². The molecule has 0 bridgehead atoms. The molecule has 2 aliphatic rings. The molecule has 6 nitrogen and oxygen atoms in total. The Hall–Kier alpha value is -3.29. The molecule has 4 heterocycles. The average Bonchev–Trinajstić information content (AvgIpc) is 3.41. The topological polar surface area (TPSA) is 63.1 Å². The number of aromatic nitrogens is 3. The lowest BCUT2D eigenvalue weighted by atomic mass is 9.92. The van der Waals surface area contributed by atoms with E-state index < -0.39 is 12.5 Å². The van der Waals surface area contributed by atoms with Crippen molar-refractivity contribution in [2.45, 2.75) is 57.9 Å². The van der Waals surface area contributed by atoms with Crippen LogP contribution in [-0.4, -0.2) is 39.7 Å². The number of hydrogen-bond donors (Lipinski definition) is 1.